The third-order valence-electron chi connectivity index (χ3n) is 7.38. The van der Waals surface area contributed by atoms with E-state index in [9.17, 15) is 52.7 Å². The van der Waals surface area contributed by atoms with Gasteiger partial charge in [0.15, 0.2) is 87.3 Å². The SMILES string of the molecule is Cc1c(F)c(F)c(/C=N/C(=N\Cc2c(C)c(F)c(F)c(F)c2F)c2c(C)c(F)c(-c3c(C)c(F)c(F)c(F)c3F)c(F)c2F)c(F)c1F. The summed E-state index contributed by atoms with van der Waals surface area (Å²) in [4.78, 5) is 6.82. The molecule has 0 aliphatic heterocycles. The van der Waals surface area contributed by atoms with E-state index in [1.165, 1.54) is 0 Å². The molecule has 0 aliphatic rings. The Morgan fingerprint density at radius 1 is 0.417 bits per heavy atom. The van der Waals surface area contributed by atoms with E-state index in [1.807, 2.05) is 0 Å². The highest BCUT2D eigenvalue weighted by Crippen LogP contribution is 2.39. The fourth-order valence-corrected chi connectivity index (χ4v) is 4.61. The van der Waals surface area contributed by atoms with Gasteiger partial charge in [0.1, 0.15) is 5.82 Å². The van der Waals surface area contributed by atoms with Gasteiger partial charge in [-0.15, -0.1) is 0 Å². The quantitative estimate of drug-likeness (QED) is 0.0652. The maximum absolute atomic E-state index is 15.7. The molecule has 0 saturated heterocycles. The van der Waals surface area contributed by atoms with Crippen LogP contribution >= 0.6 is 0 Å². The second kappa shape index (κ2) is 13.0. The van der Waals surface area contributed by atoms with Crippen molar-refractivity contribution in [2.75, 3.05) is 0 Å². The van der Waals surface area contributed by atoms with Gasteiger partial charge in [-0.25, -0.2) is 70.8 Å². The third kappa shape index (κ3) is 5.57. The number of rotatable bonds is 5. The van der Waals surface area contributed by atoms with Gasteiger partial charge in [0, 0.05) is 22.9 Å². The summed E-state index contributed by atoms with van der Waals surface area (Å²) in [6.45, 7) is 1.17. The molecule has 17 heteroatoms. The summed E-state index contributed by atoms with van der Waals surface area (Å²) in [5, 5.41) is 0. The van der Waals surface area contributed by atoms with Crippen molar-refractivity contribution in [2.45, 2.75) is 34.2 Å². The molecule has 0 aromatic heterocycles. The minimum absolute atomic E-state index is 0.0543. The number of aliphatic imine (C=N–C) groups is 2. The number of nitrogens with zero attached hydrogens (tertiary/aromatic N) is 2. The van der Waals surface area contributed by atoms with Gasteiger partial charge in [-0.3, -0.25) is 4.99 Å². The van der Waals surface area contributed by atoms with Crippen molar-refractivity contribution >= 4 is 12.1 Å². The first kappa shape index (κ1) is 36.0. The highest BCUT2D eigenvalue weighted by Gasteiger charge is 2.33. The van der Waals surface area contributed by atoms with Crippen LogP contribution in [-0.4, -0.2) is 12.1 Å². The van der Waals surface area contributed by atoms with Gasteiger partial charge >= 0.3 is 0 Å². The van der Waals surface area contributed by atoms with Gasteiger partial charge in [-0.1, -0.05) is 0 Å². The Balaban J connectivity index is 2.06. The third-order valence-corrected chi connectivity index (χ3v) is 7.38. The molecule has 0 unspecified atom stereocenters. The molecule has 0 fully saturated rings. The van der Waals surface area contributed by atoms with Crippen LogP contribution in [0.1, 0.15) is 38.9 Å². The topological polar surface area (TPSA) is 24.7 Å². The van der Waals surface area contributed by atoms with Crippen molar-refractivity contribution in [1.82, 2.24) is 0 Å². The van der Waals surface area contributed by atoms with Crippen LogP contribution in [-0.2, 0) is 6.54 Å². The molecule has 0 radical (unpaired) electrons. The van der Waals surface area contributed by atoms with Gasteiger partial charge in [0.25, 0.3) is 0 Å². The molecule has 2 nitrogen and oxygen atoms in total. The maximum Gasteiger partial charge on any atom is 0.198 e. The number of hydrogen-bond donors (Lipinski definition) is 0. The highest BCUT2D eigenvalue weighted by atomic mass is 19.2. The van der Waals surface area contributed by atoms with E-state index < -0.39 is 150 Å². The molecule has 4 aromatic carbocycles. The zero-order valence-electron chi connectivity index (χ0n) is 24.3. The molecule has 0 spiro atoms. The summed E-state index contributed by atoms with van der Waals surface area (Å²) in [5.74, 6) is -34.1. The van der Waals surface area contributed by atoms with Crippen molar-refractivity contribution in [3.63, 3.8) is 0 Å². The largest absolute Gasteiger partial charge is 0.261 e. The molecular formula is C31H15F15N2. The van der Waals surface area contributed by atoms with Crippen LogP contribution in [0.3, 0.4) is 0 Å². The van der Waals surface area contributed by atoms with Gasteiger partial charge in [-0.2, -0.15) is 0 Å². The van der Waals surface area contributed by atoms with E-state index in [0.29, 0.717) is 20.8 Å². The van der Waals surface area contributed by atoms with Crippen LogP contribution in [0, 0.1) is 115 Å². The highest BCUT2D eigenvalue weighted by molar-refractivity contribution is 6.06. The minimum Gasteiger partial charge on any atom is -0.261 e. The smallest absolute Gasteiger partial charge is 0.198 e. The summed E-state index contributed by atoms with van der Waals surface area (Å²) < 4.78 is 217. The Labute approximate surface area is 259 Å². The molecule has 254 valence electrons. The normalized spacial score (nSPS) is 12.2. The van der Waals surface area contributed by atoms with Crippen molar-refractivity contribution in [3.8, 4) is 11.1 Å². The molecule has 0 amide bonds. The Bertz CT molecular complexity index is 1990. The van der Waals surface area contributed by atoms with Gasteiger partial charge in [-0.05, 0) is 44.4 Å². The minimum atomic E-state index is -2.53. The fourth-order valence-electron chi connectivity index (χ4n) is 4.61. The second-order valence-electron chi connectivity index (χ2n) is 10.1. The van der Waals surface area contributed by atoms with E-state index >= 15 is 13.2 Å². The lowest BCUT2D eigenvalue weighted by Gasteiger charge is -2.17. The summed E-state index contributed by atoms with van der Waals surface area (Å²) in [6, 6.07) is 0. The van der Waals surface area contributed by atoms with Gasteiger partial charge in [0.05, 0.1) is 23.2 Å². The zero-order valence-corrected chi connectivity index (χ0v) is 24.3. The van der Waals surface area contributed by atoms with Gasteiger partial charge in [0.2, 0.25) is 0 Å². The molecule has 0 N–H and O–H groups in total. The number of halogens is 15. The molecule has 0 bridgehead atoms. The first-order valence-electron chi connectivity index (χ1n) is 13.0. The predicted octanol–water partition coefficient (Wildman–Crippen LogP) is 9.74. The fraction of sp³-hybridized carbons (Fsp3) is 0.161. The summed E-state index contributed by atoms with van der Waals surface area (Å²) in [6.07, 6.45) is -0.0543. The summed E-state index contributed by atoms with van der Waals surface area (Å²) in [5.41, 5.74) is -12.0. The Hall–Kier alpha value is -4.83. The first-order valence-corrected chi connectivity index (χ1v) is 13.0. The number of benzene rings is 4. The molecule has 0 aliphatic carbocycles. The summed E-state index contributed by atoms with van der Waals surface area (Å²) >= 11 is 0. The maximum atomic E-state index is 15.7. The second-order valence-corrected chi connectivity index (χ2v) is 10.1. The van der Waals surface area contributed by atoms with Crippen molar-refractivity contribution in [2.24, 2.45) is 9.98 Å². The standard InChI is InChI=1S/C31H15F15N2/c1-7-11(21(37)29(45)27(43)17(7)33)5-47-31(48-6-12-22(38)19(35)10(4)20(36)23(12)39)14-9(3)16(32)15(26(42)25(14)41)13-8(2)18(34)28(44)30(46)24(13)40/h6H,5H2,1-4H3/b47-31-,48-6+. The molecular weight excluding hydrogens is 685 g/mol. The molecule has 0 atom stereocenters. The van der Waals surface area contributed by atoms with E-state index in [0.717, 1.165) is 6.92 Å². The average Bonchev–Trinajstić information content (AvgIpc) is 3.06. The number of amidine groups is 1. The lowest BCUT2D eigenvalue weighted by atomic mass is 9.93. The van der Waals surface area contributed by atoms with Crippen LogP contribution in [0.15, 0.2) is 9.98 Å². The van der Waals surface area contributed by atoms with Crippen molar-refractivity contribution in [3.05, 3.63) is 126 Å². The Kier molecular flexibility index (Phi) is 9.75. The lowest BCUT2D eigenvalue weighted by Crippen LogP contribution is -2.14. The molecule has 0 heterocycles. The number of hydrogen-bond acceptors (Lipinski definition) is 1. The van der Waals surface area contributed by atoms with Crippen LogP contribution < -0.4 is 0 Å². The Morgan fingerprint density at radius 3 is 1.40 bits per heavy atom. The zero-order chi connectivity index (χ0) is 36.3. The molecule has 4 aromatic rings. The summed E-state index contributed by atoms with van der Waals surface area (Å²) in [7, 11) is 0. The van der Waals surface area contributed by atoms with E-state index in [2.05, 4.69) is 9.98 Å². The van der Waals surface area contributed by atoms with Crippen LogP contribution in [0.2, 0.25) is 0 Å². The molecule has 48 heavy (non-hydrogen) atoms. The van der Waals surface area contributed by atoms with Crippen molar-refractivity contribution < 1.29 is 65.9 Å². The average molecular weight is 700 g/mol. The Morgan fingerprint density at radius 2 is 0.854 bits per heavy atom. The van der Waals surface area contributed by atoms with E-state index in [-0.39, 0.29) is 6.21 Å². The lowest BCUT2D eigenvalue weighted by molar-refractivity contribution is 0.400. The van der Waals surface area contributed by atoms with Crippen LogP contribution in [0.5, 0.6) is 0 Å². The van der Waals surface area contributed by atoms with E-state index in [4.69, 9.17) is 0 Å². The predicted molar refractivity (Wildman–Crippen MR) is 141 cm³/mol. The van der Waals surface area contributed by atoms with Crippen molar-refractivity contribution in [1.29, 1.82) is 0 Å². The first-order chi connectivity index (χ1) is 22.3. The van der Waals surface area contributed by atoms with Gasteiger partial charge < -0.3 is 0 Å². The van der Waals surface area contributed by atoms with E-state index in [1.54, 1.807) is 0 Å². The molecule has 4 rings (SSSR count). The van der Waals surface area contributed by atoms with Crippen LogP contribution in [0.4, 0.5) is 65.9 Å². The molecule has 0 saturated carbocycles. The monoisotopic (exact) mass is 700 g/mol. The van der Waals surface area contributed by atoms with Crippen LogP contribution in [0.25, 0.3) is 11.1 Å².